The summed E-state index contributed by atoms with van der Waals surface area (Å²) in [4.78, 5) is 26.0. The maximum Gasteiger partial charge on any atom is 0.332 e. The van der Waals surface area contributed by atoms with E-state index in [0.717, 1.165) is 10.1 Å². The molecule has 7 nitrogen and oxygen atoms in total. The highest BCUT2D eigenvalue weighted by Gasteiger charge is 2.20. The molecule has 0 unspecified atom stereocenters. The van der Waals surface area contributed by atoms with Gasteiger partial charge in [0.15, 0.2) is 5.56 Å². The topological polar surface area (TPSA) is 84.2 Å². The maximum absolute atomic E-state index is 12.1. The monoisotopic (exact) mass is 288 g/mol. The van der Waals surface area contributed by atoms with Crippen molar-refractivity contribution in [2.45, 2.75) is 13.5 Å². The first-order valence-corrected chi connectivity index (χ1v) is 6.47. The van der Waals surface area contributed by atoms with Gasteiger partial charge in [-0.05, 0) is 13.0 Å². The molecule has 0 saturated heterocycles. The predicted octanol–water partition coefficient (Wildman–Crippen LogP) is 0.575. The van der Waals surface area contributed by atoms with Crippen molar-refractivity contribution in [2.75, 3.05) is 11.4 Å². The zero-order valence-corrected chi connectivity index (χ0v) is 12.2. The van der Waals surface area contributed by atoms with Gasteiger partial charge in [0, 0.05) is 32.7 Å². The number of aromatic nitrogens is 2. The van der Waals surface area contributed by atoms with Gasteiger partial charge in [0.25, 0.3) is 5.56 Å². The second-order valence-electron chi connectivity index (χ2n) is 4.66. The van der Waals surface area contributed by atoms with E-state index in [0.29, 0.717) is 18.9 Å². The van der Waals surface area contributed by atoms with E-state index in [1.807, 2.05) is 13.0 Å². The standard InChI is InChI=1S/C14H16N4O3/c1-4-18(8-10-5-6-21-9-10)12-11(7-15)13(19)17(3)14(20)16(12)2/h5-6,9H,4,8H2,1-3H3. The molecule has 2 rings (SSSR count). The lowest BCUT2D eigenvalue weighted by molar-refractivity contribution is 0.562. The van der Waals surface area contributed by atoms with E-state index in [4.69, 9.17) is 4.42 Å². The minimum Gasteiger partial charge on any atom is -0.472 e. The second kappa shape index (κ2) is 5.71. The third kappa shape index (κ3) is 2.48. The Hall–Kier alpha value is -2.75. The van der Waals surface area contributed by atoms with Gasteiger partial charge in [-0.1, -0.05) is 0 Å². The van der Waals surface area contributed by atoms with Gasteiger partial charge in [0.05, 0.1) is 12.5 Å². The molecule has 0 aliphatic rings. The van der Waals surface area contributed by atoms with Crippen molar-refractivity contribution in [3.63, 3.8) is 0 Å². The molecular weight excluding hydrogens is 272 g/mol. The first kappa shape index (κ1) is 14.7. The predicted molar refractivity (Wildman–Crippen MR) is 77.1 cm³/mol. The summed E-state index contributed by atoms with van der Waals surface area (Å²) in [6, 6.07) is 3.71. The van der Waals surface area contributed by atoms with E-state index in [-0.39, 0.29) is 5.56 Å². The summed E-state index contributed by atoms with van der Waals surface area (Å²) in [5.74, 6) is 0.328. The van der Waals surface area contributed by atoms with Crippen LogP contribution in [0.5, 0.6) is 0 Å². The van der Waals surface area contributed by atoms with Gasteiger partial charge in [-0.2, -0.15) is 5.26 Å². The number of furan rings is 1. The van der Waals surface area contributed by atoms with Crippen LogP contribution in [0.2, 0.25) is 0 Å². The molecule has 2 heterocycles. The summed E-state index contributed by atoms with van der Waals surface area (Å²) in [5.41, 5.74) is -0.181. The van der Waals surface area contributed by atoms with Crippen LogP contribution in [0.25, 0.3) is 0 Å². The maximum atomic E-state index is 12.1. The van der Waals surface area contributed by atoms with E-state index in [1.165, 1.54) is 11.6 Å². The van der Waals surface area contributed by atoms with Crippen molar-refractivity contribution in [2.24, 2.45) is 14.1 Å². The number of hydrogen-bond acceptors (Lipinski definition) is 5. The fourth-order valence-electron chi connectivity index (χ4n) is 2.24. The van der Waals surface area contributed by atoms with Crippen molar-refractivity contribution < 1.29 is 4.42 Å². The average molecular weight is 288 g/mol. The Balaban J connectivity index is 2.64. The molecule has 0 bridgehead atoms. The van der Waals surface area contributed by atoms with E-state index < -0.39 is 11.2 Å². The van der Waals surface area contributed by atoms with Crippen molar-refractivity contribution in [3.8, 4) is 6.07 Å². The fraction of sp³-hybridized carbons (Fsp3) is 0.357. The van der Waals surface area contributed by atoms with Crippen LogP contribution in [-0.4, -0.2) is 15.7 Å². The molecule has 0 aliphatic carbocycles. The van der Waals surface area contributed by atoms with Gasteiger partial charge in [-0.25, -0.2) is 4.79 Å². The summed E-state index contributed by atoms with van der Waals surface area (Å²) >= 11 is 0. The molecule has 7 heteroatoms. The Morgan fingerprint density at radius 2 is 2.05 bits per heavy atom. The van der Waals surface area contributed by atoms with Gasteiger partial charge in [0.1, 0.15) is 11.9 Å². The normalized spacial score (nSPS) is 10.4. The molecule has 0 radical (unpaired) electrons. The Morgan fingerprint density at radius 1 is 1.33 bits per heavy atom. The molecule has 0 amide bonds. The molecular formula is C14H16N4O3. The molecule has 0 aromatic carbocycles. The first-order chi connectivity index (χ1) is 10.0. The van der Waals surface area contributed by atoms with Crippen LogP contribution in [0.1, 0.15) is 18.1 Å². The Labute approximate surface area is 121 Å². The van der Waals surface area contributed by atoms with Crippen molar-refractivity contribution >= 4 is 5.82 Å². The van der Waals surface area contributed by atoms with Crippen LogP contribution in [0.3, 0.4) is 0 Å². The number of nitriles is 1. The van der Waals surface area contributed by atoms with Crippen molar-refractivity contribution in [3.05, 3.63) is 50.6 Å². The molecule has 0 N–H and O–H groups in total. The van der Waals surface area contributed by atoms with E-state index >= 15 is 0 Å². The number of rotatable bonds is 4. The summed E-state index contributed by atoms with van der Waals surface area (Å²) in [5, 5.41) is 9.29. The minimum absolute atomic E-state index is 0.0371. The van der Waals surface area contributed by atoms with Crippen molar-refractivity contribution in [1.82, 2.24) is 9.13 Å². The molecule has 0 aliphatic heterocycles. The van der Waals surface area contributed by atoms with Gasteiger partial charge >= 0.3 is 5.69 Å². The highest BCUT2D eigenvalue weighted by molar-refractivity contribution is 5.53. The lowest BCUT2D eigenvalue weighted by atomic mass is 10.2. The number of hydrogen-bond donors (Lipinski definition) is 0. The van der Waals surface area contributed by atoms with Crippen LogP contribution < -0.4 is 16.1 Å². The zero-order valence-electron chi connectivity index (χ0n) is 12.2. The second-order valence-corrected chi connectivity index (χ2v) is 4.66. The van der Waals surface area contributed by atoms with Gasteiger partial charge < -0.3 is 9.32 Å². The molecule has 110 valence electrons. The van der Waals surface area contributed by atoms with Crippen LogP contribution in [0.15, 0.2) is 32.6 Å². The molecule has 0 fully saturated rings. The highest BCUT2D eigenvalue weighted by Crippen LogP contribution is 2.17. The van der Waals surface area contributed by atoms with E-state index in [1.54, 1.807) is 30.5 Å². The largest absolute Gasteiger partial charge is 0.472 e. The number of nitrogens with zero attached hydrogens (tertiary/aromatic N) is 4. The Morgan fingerprint density at radius 3 is 2.57 bits per heavy atom. The summed E-state index contributed by atoms with van der Waals surface area (Å²) in [6.45, 7) is 2.88. The molecule has 0 atom stereocenters. The van der Waals surface area contributed by atoms with Gasteiger partial charge in [-0.3, -0.25) is 13.9 Å². The van der Waals surface area contributed by atoms with Gasteiger partial charge in [-0.15, -0.1) is 0 Å². The number of anilines is 1. The van der Waals surface area contributed by atoms with Crippen LogP contribution in [0, 0.1) is 11.3 Å². The lowest BCUT2D eigenvalue weighted by Crippen LogP contribution is -2.42. The quantitative estimate of drug-likeness (QED) is 0.821. The minimum atomic E-state index is -0.582. The molecule has 0 saturated carbocycles. The van der Waals surface area contributed by atoms with Crippen LogP contribution in [-0.2, 0) is 20.6 Å². The third-order valence-corrected chi connectivity index (χ3v) is 3.38. The van der Waals surface area contributed by atoms with E-state index in [2.05, 4.69) is 0 Å². The smallest absolute Gasteiger partial charge is 0.332 e. The summed E-state index contributed by atoms with van der Waals surface area (Å²) in [7, 11) is 2.91. The highest BCUT2D eigenvalue weighted by atomic mass is 16.3. The lowest BCUT2D eigenvalue weighted by Gasteiger charge is -2.25. The van der Waals surface area contributed by atoms with Crippen molar-refractivity contribution in [1.29, 1.82) is 5.26 Å². The zero-order chi connectivity index (χ0) is 15.6. The van der Waals surface area contributed by atoms with Crippen LogP contribution in [0.4, 0.5) is 5.82 Å². The third-order valence-electron chi connectivity index (χ3n) is 3.38. The summed E-state index contributed by atoms with van der Waals surface area (Å²) in [6.07, 6.45) is 3.14. The Kier molecular flexibility index (Phi) is 3.98. The van der Waals surface area contributed by atoms with Crippen LogP contribution >= 0.6 is 0 Å². The Bertz CT molecular complexity index is 793. The molecule has 2 aromatic heterocycles. The summed E-state index contributed by atoms with van der Waals surface area (Å²) < 4.78 is 7.28. The molecule has 21 heavy (non-hydrogen) atoms. The van der Waals surface area contributed by atoms with E-state index in [9.17, 15) is 14.9 Å². The molecule has 0 spiro atoms. The average Bonchev–Trinajstić information content (AvgIpc) is 2.99. The fourth-order valence-corrected chi connectivity index (χ4v) is 2.24. The first-order valence-electron chi connectivity index (χ1n) is 6.47. The molecule has 2 aromatic rings. The van der Waals surface area contributed by atoms with Gasteiger partial charge in [0.2, 0.25) is 0 Å². The SMILES string of the molecule is CCN(Cc1ccoc1)c1c(C#N)c(=O)n(C)c(=O)n1C.